The molecule has 0 aliphatic carbocycles. The molecule has 1 atom stereocenters. The van der Waals surface area contributed by atoms with Crippen LogP contribution in [0.5, 0.6) is 0 Å². The molecule has 2 N–H and O–H groups in total. The minimum atomic E-state index is -1.24. The summed E-state index contributed by atoms with van der Waals surface area (Å²) >= 11 is 1.69. The Bertz CT molecular complexity index is 161. The third-order valence-electron chi connectivity index (χ3n) is 1.55. The van der Waals surface area contributed by atoms with Crippen molar-refractivity contribution in [2.45, 2.75) is 39.0 Å². The predicted octanol–water partition coefficient (Wildman–Crippen LogP) is 0.976. The van der Waals surface area contributed by atoms with Crippen molar-refractivity contribution in [1.82, 2.24) is 3.53 Å². The first-order valence-electron chi connectivity index (χ1n) is 3.70. The average Bonchev–Trinajstić information content (AvgIpc) is 2.02. The van der Waals surface area contributed by atoms with Gasteiger partial charge in [0.05, 0.1) is 0 Å². The van der Waals surface area contributed by atoms with E-state index in [1.54, 1.807) is 36.7 Å². The number of halogens is 1. The second kappa shape index (κ2) is 4.98. The zero-order chi connectivity index (χ0) is 9.78. The molecule has 0 fully saturated rings. The van der Waals surface area contributed by atoms with E-state index in [0.29, 0.717) is 6.42 Å². The van der Waals surface area contributed by atoms with Crippen LogP contribution in [0.15, 0.2) is 0 Å². The summed E-state index contributed by atoms with van der Waals surface area (Å²) in [7, 11) is 0. The first-order chi connectivity index (χ1) is 5.43. The van der Waals surface area contributed by atoms with Crippen LogP contribution in [0.2, 0.25) is 0 Å². The molecule has 0 rings (SSSR count). The Morgan fingerprint density at radius 2 is 2.25 bits per heavy atom. The molecule has 72 valence electrons. The van der Waals surface area contributed by atoms with Gasteiger partial charge in [-0.2, -0.15) is 0 Å². The second-order valence-electron chi connectivity index (χ2n) is 3.05. The van der Waals surface area contributed by atoms with E-state index in [-0.39, 0.29) is 0 Å². The quantitative estimate of drug-likeness (QED) is 0.350. The van der Waals surface area contributed by atoms with Crippen molar-refractivity contribution in [2.24, 2.45) is 0 Å². The number of esters is 1. The summed E-state index contributed by atoms with van der Waals surface area (Å²) in [5, 5.41) is 8.99. The molecule has 0 spiro atoms. The number of hydrogen-bond donors (Lipinski definition) is 2. The summed E-state index contributed by atoms with van der Waals surface area (Å²) in [6.07, 6.45) is -0.524. The van der Waals surface area contributed by atoms with Gasteiger partial charge in [-0.25, -0.2) is 8.32 Å². The number of carbonyl (C=O) groups excluding carboxylic acids is 1. The standard InChI is InChI=1S/C7H14INO3/c1-4-7(2,3)12-6(11)5(10)9-8/h5,9-10H,4H2,1-3H3. The fourth-order valence-corrected chi connectivity index (χ4v) is 0.699. The normalized spacial score (nSPS) is 14.1. The van der Waals surface area contributed by atoms with Gasteiger partial charge in [0.2, 0.25) is 6.23 Å². The molecule has 0 bridgehead atoms. The van der Waals surface area contributed by atoms with Crippen LogP contribution in [0.1, 0.15) is 27.2 Å². The summed E-state index contributed by atoms with van der Waals surface area (Å²) in [4.78, 5) is 11.0. The molecular formula is C7H14INO3. The lowest BCUT2D eigenvalue weighted by molar-refractivity contribution is -0.167. The third-order valence-corrected chi connectivity index (χ3v) is 2.14. The minimum Gasteiger partial charge on any atom is -0.457 e. The van der Waals surface area contributed by atoms with Gasteiger partial charge in [-0.3, -0.25) is 0 Å². The zero-order valence-electron chi connectivity index (χ0n) is 7.43. The van der Waals surface area contributed by atoms with E-state index in [1.165, 1.54) is 0 Å². The molecular weight excluding hydrogens is 273 g/mol. The molecule has 4 nitrogen and oxygen atoms in total. The number of hydrogen-bond acceptors (Lipinski definition) is 4. The maximum absolute atomic E-state index is 11.0. The lowest BCUT2D eigenvalue weighted by Gasteiger charge is -2.24. The molecule has 0 aromatic rings. The van der Waals surface area contributed by atoms with Crippen LogP contribution in [0.3, 0.4) is 0 Å². The van der Waals surface area contributed by atoms with Crippen LogP contribution in [0, 0.1) is 0 Å². The highest BCUT2D eigenvalue weighted by molar-refractivity contribution is 14.1. The van der Waals surface area contributed by atoms with Gasteiger partial charge in [-0.1, -0.05) is 6.92 Å². The number of aliphatic hydroxyl groups is 1. The van der Waals surface area contributed by atoms with Gasteiger partial charge in [0, 0.05) is 22.9 Å². The summed E-state index contributed by atoms with van der Waals surface area (Å²) in [6, 6.07) is 0. The van der Waals surface area contributed by atoms with E-state index in [1.807, 2.05) is 6.92 Å². The van der Waals surface area contributed by atoms with Gasteiger partial charge in [0.1, 0.15) is 5.60 Å². The fraction of sp³-hybridized carbons (Fsp3) is 0.857. The Morgan fingerprint density at radius 3 is 2.58 bits per heavy atom. The molecule has 0 aliphatic rings. The molecule has 0 saturated heterocycles. The first-order valence-corrected chi connectivity index (χ1v) is 4.78. The molecule has 0 saturated carbocycles. The van der Waals surface area contributed by atoms with Crippen molar-refractivity contribution >= 4 is 28.8 Å². The van der Waals surface area contributed by atoms with Crippen LogP contribution in [0.4, 0.5) is 0 Å². The molecule has 1 unspecified atom stereocenters. The molecule has 0 aliphatic heterocycles. The van der Waals surface area contributed by atoms with Crippen molar-refractivity contribution in [2.75, 3.05) is 0 Å². The van der Waals surface area contributed by atoms with E-state index in [4.69, 9.17) is 9.84 Å². The van der Waals surface area contributed by atoms with Crippen LogP contribution < -0.4 is 3.53 Å². The summed E-state index contributed by atoms with van der Waals surface area (Å²) in [6.45, 7) is 5.51. The number of aliphatic hydroxyl groups excluding tert-OH is 1. The molecule has 0 heterocycles. The summed E-state index contributed by atoms with van der Waals surface area (Å²) in [5.74, 6) is -0.642. The molecule has 0 amide bonds. The van der Waals surface area contributed by atoms with Crippen molar-refractivity contribution in [3.8, 4) is 0 Å². The van der Waals surface area contributed by atoms with Crippen LogP contribution >= 0.6 is 22.9 Å². The Kier molecular flexibility index (Phi) is 5.03. The van der Waals surface area contributed by atoms with Gasteiger partial charge in [-0.05, 0) is 20.3 Å². The highest BCUT2D eigenvalue weighted by atomic mass is 127. The van der Waals surface area contributed by atoms with Crippen molar-refractivity contribution < 1.29 is 14.6 Å². The maximum Gasteiger partial charge on any atom is 0.351 e. The number of nitrogens with one attached hydrogen (secondary N) is 1. The van der Waals surface area contributed by atoms with Gasteiger partial charge in [0.25, 0.3) is 0 Å². The Labute approximate surface area is 86.2 Å². The van der Waals surface area contributed by atoms with E-state index < -0.39 is 17.8 Å². The highest BCUT2D eigenvalue weighted by Crippen LogP contribution is 2.14. The van der Waals surface area contributed by atoms with Gasteiger partial charge in [0.15, 0.2) is 0 Å². The lowest BCUT2D eigenvalue weighted by atomic mass is 10.1. The van der Waals surface area contributed by atoms with Crippen LogP contribution in [-0.4, -0.2) is 22.9 Å². The van der Waals surface area contributed by atoms with Crippen molar-refractivity contribution in [1.29, 1.82) is 0 Å². The van der Waals surface area contributed by atoms with Gasteiger partial charge >= 0.3 is 5.97 Å². The summed E-state index contributed by atoms with van der Waals surface area (Å²) < 4.78 is 7.35. The third kappa shape index (κ3) is 4.22. The Morgan fingerprint density at radius 1 is 1.75 bits per heavy atom. The van der Waals surface area contributed by atoms with Crippen molar-refractivity contribution in [3.05, 3.63) is 0 Å². The smallest absolute Gasteiger partial charge is 0.351 e. The molecule has 0 aromatic heterocycles. The SMILES string of the molecule is CCC(C)(C)OC(=O)C(O)NI. The average molecular weight is 287 g/mol. The Hall–Kier alpha value is 0.120. The topological polar surface area (TPSA) is 58.6 Å². The maximum atomic E-state index is 11.0. The lowest BCUT2D eigenvalue weighted by Crippen LogP contribution is -2.38. The highest BCUT2D eigenvalue weighted by Gasteiger charge is 2.24. The van der Waals surface area contributed by atoms with Gasteiger partial charge in [-0.15, -0.1) is 0 Å². The first kappa shape index (κ1) is 12.1. The van der Waals surface area contributed by atoms with E-state index >= 15 is 0 Å². The van der Waals surface area contributed by atoms with Crippen LogP contribution in [0.25, 0.3) is 0 Å². The number of carbonyl (C=O) groups is 1. The van der Waals surface area contributed by atoms with Crippen LogP contribution in [-0.2, 0) is 9.53 Å². The zero-order valence-corrected chi connectivity index (χ0v) is 9.58. The van der Waals surface area contributed by atoms with E-state index in [2.05, 4.69) is 3.53 Å². The molecule has 12 heavy (non-hydrogen) atoms. The Balaban J connectivity index is 4.00. The van der Waals surface area contributed by atoms with Gasteiger partial charge < -0.3 is 9.84 Å². The van der Waals surface area contributed by atoms with Crippen molar-refractivity contribution in [3.63, 3.8) is 0 Å². The monoisotopic (exact) mass is 287 g/mol. The summed E-state index contributed by atoms with van der Waals surface area (Å²) in [5.41, 5.74) is -0.508. The molecule has 0 aromatic carbocycles. The molecule has 5 heteroatoms. The number of rotatable bonds is 4. The molecule has 0 radical (unpaired) electrons. The van der Waals surface area contributed by atoms with E-state index in [9.17, 15) is 4.79 Å². The second-order valence-corrected chi connectivity index (χ2v) is 3.67. The fourth-order valence-electron chi connectivity index (χ4n) is 0.445. The largest absolute Gasteiger partial charge is 0.457 e. The number of ether oxygens (including phenoxy) is 1. The minimum absolute atomic E-state index is 0.508. The van der Waals surface area contributed by atoms with E-state index in [0.717, 1.165) is 0 Å². The predicted molar refractivity (Wildman–Crippen MR) is 53.6 cm³/mol.